The van der Waals surface area contributed by atoms with Crippen molar-refractivity contribution in [1.82, 2.24) is 9.55 Å². The van der Waals surface area contributed by atoms with Crippen molar-refractivity contribution in [3.05, 3.63) is 18.2 Å². The van der Waals surface area contributed by atoms with Gasteiger partial charge in [0.1, 0.15) is 0 Å². The third-order valence-electron chi connectivity index (χ3n) is 2.10. The minimum Gasteiger partial charge on any atom is -0.369 e. The Morgan fingerprint density at radius 2 is 2.64 bits per heavy atom. The molecule has 1 aliphatic rings. The second kappa shape index (κ2) is 2.08. The molecule has 0 bridgehead atoms. The molecule has 0 aromatic carbocycles. The fourth-order valence-corrected chi connectivity index (χ4v) is 1.51. The molecule has 2 rings (SSSR count). The first-order valence-electron chi connectivity index (χ1n) is 3.58. The second-order valence-corrected chi connectivity index (χ2v) is 2.76. The van der Waals surface area contributed by atoms with Crippen LogP contribution >= 0.6 is 0 Å². The fraction of sp³-hybridized carbons (Fsp3) is 0.429. The van der Waals surface area contributed by atoms with Crippen molar-refractivity contribution < 1.29 is 4.79 Å². The molecule has 1 aliphatic heterocycles. The molecule has 1 unspecified atom stereocenters. The van der Waals surface area contributed by atoms with Crippen LogP contribution in [0.5, 0.6) is 0 Å². The predicted octanol–water partition coefficient (Wildman–Crippen LogP) is -0.144. The molecule has 4 nitrogen and oxygen atoms in total. The van der Waals surface area contributed by atoms with Gasteiger partial charge in [0.15, 0.2) is 0 Å². The number of carbonyl (C=O) groups excluding carboxylic acids is 1. The molecule has 58 valence electrons. The minimum atomic E-state index is -0.246. The van der Waals surface area contributed by atoms with E-state index in [2.05, 4.69) is 4.98 Å². The lowest BCUT2D eigenvalue weighted by atomic mass is 10.1. The molecule has 11 heavy (non-hydrogen) atoms. The molecular weight excluding hydrogens is 142 g/mol. The Hall–Kier alpha value is -1.32. The van der Waals surface area contributed by atoms with E-state index in [1.54, 1.807) is 12.5 Å². The standard InChI is InChI=1S/C7H9N3O/c8-7(11)5-1-2-10-4-9-3-6(5)10/h3-5H,1-2H2,(H2,8,11). The van der Waals surface area contributed by atoms with Gasteiger partial charge in [0.05, 0.1) is 12.2 Å². The van der Waals surface area contributed by atoms with Crippen molar-refractivity contribution in [1.29, 1.82) is 0 Å². The number of carbonyl (C=O) groups is 1. The van der Waals surface area contributed by atoms with Crippen molar-refractivity contribution in [3.8, 4) is 0 Å². The molecule has 0 spiro atoms. The highest BCUT2D eigenvalue weighted by Gasteiger charge is 2.26. The van der Waals surface area contributed by atoms with Crippen LogP contribution in [0.4, 0.5) is 0 Å². The number of fused-ring (bicyclic) bond motifs is 1. The fourth-order valence-electron chi connectivity index (χ4n) is 1.51. The van der Waals surface area contributed by atoms with Crippen LogP contribution in [-0.2, 0) is 11.3 Å². The highest BCUT2D eigenvalue weighted by molar-refractivity contribution is 5.81. The van der Waals surface area contributed by atoms with Gasteiger partial charge in [0, 0.05) is 18.4 Å². The number of hydrogen-bond donors (Lipinski definition) is 1. The van der Waals surface area contributed by atoms with Crippen LogP contribution in [0, 0.1) is 0 Å². The number of nitrogens with zero attached hydrogens (tertiary/aromatic N) is 2. The monoisotopic (exact) mass is 151 g/mol. The van der Waals surface area contributed by atoms with Crippen LogP contribution < -0.4 is 5.73 Å². The number of imidazole rings is 1. The van der Waals surface area contributed by atoms with Gasteiger partial charge in [-0.25, -0.2) is 4.98 Å². The molecule has 0 fully saturated rings. The number of rotatable bonds is 1. The Morgan fingerprint density at radius 1 is 1.82 bits per heavy atom. The van der Waals surface area contributed by atoms with Gasteiger partial charge < -0.3 is 10.3 Å². The molecule has 0 radical (unpaired) electrons. The van der Waals surface area contributed by atoms with E-state index in [-0.39, 0.29) is 11.8 Å². The van der Waals surface area contributed by atoms with Crippen LogP contribution in [0.2, 0.25) is 0 Å². The molecule has 1 aromatic rings. The third-order valence-corrected chi connectivity index (χ3v) is 2.10. The Bertz CT molecular complexity index is 292. The summed E-state index contributed by atoms with van der Waals surface area (Å²) in [5, 5.41) is 0. The summed E-state index contributed by atoms with van der Waals surface area (Å²) in [5.41, 5.74) is 6.15. The topological polar surface area (TPSA) is 60.9 Å². The van der Waals surface area contributed by atoms with E-state index in [1.807, 2.05) is 4.57 Å². The van der Waals surface area contributed by atoms with Crippen molar-refractivity contribution in [2.45, 2.75) is 18.9 Å². The molecule has 0 saturated heterocycles. The van der Waals surface area contributed by atoms with E-state index in [0.29, 0.717) is 0 Å². The molecule has 1 amide bonds. The molecule has 1 aromatic heterocycles. The highest BCUT2D eigenvalue weighted by atomic mass is 16.1. The molecule has 2 N–H and O–H groups in total. The van der Waals surface area contributed by atoms with Crippen molar-refractivity contribution in [2.75, 3.05) is 0 Å². The SMILES string of the molecule is NC(=O)C1CCn2cncc21. The van der Waals surface area contributed by atoms with Gasteiger partial charge in [0.25, 0.3) is 0 Å². The lowest BCUT2D eigenvalue weighted by molar-refractivity contribution is -0.119. The van der Waals surface area contributed by atoms with Gasteiger partial charge in [-0.3, -0.25) is 4.79 Å². The first-order valence-corrected chi connectivity index (χ1v) is 3.58. The summed E-state index contributed by atoms with van der Waals surface area (Å²) < 4.78 is 1.97. The zero-order valence-electron chi connectivity index (χ0n) is 6.03. The maximum Gasteiger partial charge on any atom is 0.226 e. The Labute approximate surface area is 64.0 Å². The number of nitrogens with two attached hydrogens (primary N) is 1. The van der Waals surface area contributed by atoms with Crippen molar-refractivity contribution in [2.24, 2.45) is 5.73 Å². The summed E-state index contributed by atoms with van der Waals surface area (Å²) in [4.78, 5) is 14.8. The summed E-state index contributed by atoms with van der Waals surface area (Å²) >= 11 is 0. The van der Waals surface area contributed by atoms with Gasteiger partial charge in [-0.2, -0.15) is 0 Å². The normalized spacial score (nSPS) is 21.6. The van der Waals surface area contributed by atoms with E-state index >= 15 is 0 Å². The third kappa shape index (κ3) is 0.824. The van der Waals surface area contributed by atoms with E-state index in [0.717, 1.165) is 18.7 Å². The average molecular weight is 151 g/mol. The van der Waals surface area contributed by atoms with Crippen LogP contribution in [0.25, 0.3) is 0 Å². The first-order chi connectivity index (χ1) is 5.29. The number of aromatic nitrogens is 2. The summed E-state index contributed by atoms with van der Waals surface area (Å²) in [6, 6.07) is 0. The Kier molecular flexibility index (Phi) is 1.21. The predicted molar refractivity (Wildman–Crippen MR) is 38.8 cm³/mol. The van der Waals surface area contributed by atoms with Crippen LogP contribution in [-0.4, -0.2) is 15.5 Å². The van der Waals surface area contributed by atoms with Gasteiger partial charge in [0.2, 0.25) is 5.91 Å². The van der Waals surface area contributed by atoms with Gasteiger partial charge in [-0.15, -0.1) is 0 Å². The number of primary amides is 1. The van der Waals surface area contributed by atoms with Gasteiger partial charge in [-0.05, 0) is 6.42 Å². The Morgan fingerprint density at radius 3 is 3.36 bits per heavy atom. The molecular formula is C7H9N3O. The molecule has 4 heteroatoms. The van der Waals surface area contributed by atoms with Crippen LogP contribution in [0.1, 0.15) is 18.0 Å². The maximum atomic E-state index is 10.8. The zero-order valence-corrected chi connectivity index (χ0v) is 6.03. The largest absolute Gasteiger partial charge is 0.369 e. The van der Waals surface area contributed by atoms with Gasteiger partial charge >= 0.3 is 0 Å². The smallest absolute Gasteiger partial charge is 0.226 e. The van der Waals surface area contributed by atoms with Crippen LogP contribution in [0.15, 0.2) is 12.5 Å². The number of amides is 1. The quantitative estimate of drug-likeness (QED) is 0.607. The lowest BCUT2D eigenvalue weighted by Gasteiger charge is -2.00. The van der Waals surface area contributed by atoms with E-state index in [1.165, 1.54) is 0 Å². The molecule has 0 saturated carbocycles. The summed E-state index contributed by atoms with van der Waals surface area (Å²) in [7, 11) is 0. The summed E-state index contributed by atoms with van der Waals surface area (Å²) in [6.45, 7) is 0.864. The molecule has 2 heterocycles. The zero-order chi connectivity index (χ0) is 7.84. The summed E-state index contributed by atoms with van der Waals surface area (Å²) in [5.74, 6) is -0.359. The molecule has 0 aliphatic carbocycles. The maximum absolute atomic E-state index is 10.8. The Balaban J connectivity index is 2.38. The highest BCUT2D eigenvalue weighted by Crippen LogP contribution is 2.26. The number of aryl methyl sites for hydroxylation is 1. The summed E-state index contributed by atoms with van der Waals surface area (Å²) in [6.07, 6.45) is 4.27. The van der Waals surface area contributed by atoms with Crippen molar-refractivity contribution in [3.63, 3.8) is 0 Å². The second-order valence-electron chi connectivity index (χ2n) is 2.76. The lowest BCUT2D eigenvalue weighted by Crippen LogP contribution is -2.19. The van der Waals surface area contributed by atoms with Gasteiger partial charge in [-0.1, -0.05) is 0 Å². The van der Waals surface area contributed by atoms with Crippen LogP contribution in [0.3, 0.4) is 0 Å². The molecule has 1 atom stereocenters. The van der Waals surface area contributed by atoms with E-state index in [4.69, 9.17) is 5.73 Å². The first kappa shape index (κ1) is 6.39. The van der Waals surface area contributed by atoms with E-state index < -0.39 is 0 Å². The number of hydrogen-bond acceptors (Lipinski definition) is 2. The minimum absolute atomic E-state index is 0.113. The van der Waals surface area contributed by atoms with E-state index in [9.17, 15) is 4.79 Å². The van der Waals surface area contributed by atoms with Crippen molar-refractivity contribution >= 4 is 5.91 Å². The average Bonchev–Trinajstić information content (AvgIpc) is 2.41.